The average molecular weight is 429 g/mol. The van der Waals surface area contributed by atoms with Gasteiger partial charge in [-0.3, -0.25) is 9.20 Å². The van der Waals surface area contributed by atoms with Gasteiger partial charge >= 0.3 is 0 Å². The summed E-state index contributed by atoms with van der Waals surface area (Å²) in [5.41, 5.74) is 1.00. The second kappa shape index (κ2) is 10.9. The van der Waals surface area contributed by atoms with Crippen molar-refractivity contribution in [3.63, 3.8) is 0 Å². The molecule has 1 aliphatic rings. The van der Waals surface area contributed by atoms with E-state index in [4.69, 9.17) is 5.14 Å². The summed E-state index contributed by atoms with van der Waals surface area (Å²) in [5.74, 6) is 1.49. The van der Waals surface area contributed by atoms with Crippen LogP contribution < -0.4 is 15.8 Å². The van der Waals surface area contributed by atoms with Gasteiger partial charge in [0.2, 0.25) is 10.0 Å². The average Bonchev–Trinajstić information content (AvgIpc) is 2.67. The molecule has 158 valence electrons. The molecule has 1 fully saturated rings. The minimum absolute atomic E-state index is 0.117. The fourth-order valence-corrected chi connectivity index (χ4v) is 5.27. The van der Waals surface area contributed by atoms with Crippen LogP contribution >= 0.6 is 0 Å². The van der Waals surface area contributed by atoms with Gasteiger partial charge in [0.1, 0.15) is 0 Å². The number of nitrogens with two attached hydrogens (primary N) is 1. The van der Waals surface area contributed by atoms with E-state index in [1.54, 1.807) is 12.1 Å². The van der Waals surface area contributed by atoms with Crippen LogP contribution in [0.3, 0.4) is 0 Å². The summed E-state index contributed by atoms with van der Waals surface area (Å²) in [6, 6.07) is 6.87. The summed E-state index contributed by atoms with van der Waals surface area (Å²) in [5, 5.41) is 12.2. The van der Waals surface area contributed by atoms with Gasteiger partial charge in [0, 0.05) is 40.9 Å². The lowest BCUT2D eigenvalue weighted by Crippen LogP contribution is -2.46. The SMILES string of the molecule is CCNC(=NCCc1ccc(S(N)(=O)=O)cc1)NC1CCCC(S(=O)CC)C1. The van der Waals surface area contributed by atoms with Crippen molar-refractivity contribution in [3.8, 4) is 0 Å². The lowest BCUT2D eigenvalue weighted by atomic mass is 9.95. The van der Waals surface area contributed by atoms with Crippen LogP contribution in [0.5, 0.6) is 0 Å². The number of rotatable bonds is 8. The van der Waals surface area contributed by atoms with Crippen LogP contribution in [0.4, 0.5) is 0 Å². The zero-order chi connectivity index (χ0) is 20.6. The van der Waals surface area contributed by atoms with Gasteiger partial charge in [0.15, 0.2) is 5.96 Å². The number of primary sulfonamides is 1. The molecule has 9 heteroatoms. The topological polar surface area (TPSA) is 114 Å². The van der Waals surface area contributed by atoms with Gasteiger partial charge in [-0.15, -0.1) is 0 Å². The van der Waals surface area contributed by atoms with Gasteiger partial charge in [-0.25, -0.2) is 13.6 Å². The lowest BCUT2D eigenvalue weighted by molar-refractivity contribution is 0.413. The summed E-state index contributed by atoms with van der Waals surface area (Å²) in [6.07, 6.45) is 4.82. The molecule has 4 N–H and O–H groups in total. The number of nitrogens with one attached hydrogen (secondary N) is 2. The first-order valence-electron chi connectivity index (χ1n) is 9.87. The van der Waals surface area contributed by atoms with E-state index < -0.39 is 20.8 Å². The molecule has 0 aliphatic heterocycles. The van der Waals surface area contributed by atoms with Crippen LogP contribution in [-0.4, -0.2) is 48.7 Å². The van der Waals surface area contributed by atoms with E-state index in [0.29, 0.717) is 19.0 Å². The fourth-order valence-electron chi connectivity index (χ4n) is 3.41. The molecule has 0 bridgehead atoms. The van der Waals surface area contributed by atoms with Crippen LogP contribution in [0.15, 0.2) is 34.2 Å². The van der Waals surface area contributed by atoms with Crippen molar-refractivity contribution in [1.82, 2.24) is 10.6 Å². The molecule has 0 saturated heterocycles. The van der Waals surface area contributed by atoms with E-state index in [2.05, 4.69) is 15.6 Å². The maximum Gasteiger partial charge on any atom is 0.238 e. The van der Waals surface area contributed by atoms with Gasteiger partial charge < -0.3 is 10.6 Å². The van der Waals surface area contributed by atoms with E-state index in [-0.39, 0.29) is 10.1 Å². The van der Waals surface area contributed by atoms with Crippen molar-refractivity contribution < 1.29 is 12.6 Å². The third kappa shape index (κ3) is 7.18. The molecule has 7 nitrogen and oxygen atoms in total. The van der Waals surface area contributed by atoms with Gasteiger partial charge in [-0.1, -0.05) is 25.5 Å². The minimum Gasteiger partial charge on any atom is -0.357 e. The highest BCUT2D eigenvalue weighted by molar-refractivity contribution is 7.89. The van der Waals surface area contributed by atoms with Gasteiger partial charge in [0.05, 0.1) is 4.90 Å². The number of nitrogens with zero attached hydrogens (tertiary/aromatic N) is 1. The highest BCUT2D eigenvalue weighted by atomic mass is 32.2. The van der Waals surface area contributed by atoms with Crippen molar-refractivity contribution in [2.45, 2.75) is 62.1 Å². The lowest BCUT2D eigenvalue weighted by Gasteiger charge is -2.30. The first-order chi connectivity index (χ1) is 13.3. The monoisotopic (exact) mass is 428 g/mol. The van der Waals surface area contributed by atoms with Gasteiger partial charge in [-0.2, -0.15) is 0 Å². The Morgan fingerprint density at radius 3 is 2.57 bits per heavy atom. The zero-order valence-corrected chi connectivity index (χ0v) is 18.3. The summed E-state index contributed by atoms with van der Waals surface area (Å²) in [4.78, 5) is 4.76. The summed E-state index contributed by atoms with van der Waals surface area (Å²) in [7, 11) is -4.40. The van der Waals surface area contributed by atoms with Crippen molar-refractivity contribution in [1.29, 1.82) is 0 Å². The van der Waals surface area contributed by atoms with Crippen molar-refractivity contribution in [3.05, 3.63) is 29.8 Å². The summed E-state index contributed by atoms with van der Waals surface area (Å²) in [6.45, 7) is 5.36. The predicted octanol–water partition coefficient (Wildman–Crippen LogP) is 1.51. The van der Waals surface area contributed by atoms with Crippen LogP contribution in [0, 0.1) is 0 Å². The Kier molecular flexibility index (Phi) is 8.91. The van der Waals surface area contributed by atoms with Crippen LogP contribution in [0.1, 0.15) is 45.1 Å². The maximum atomic E-state index is 12.1. The summed E-state index contributed by atoms with van der Waals surface area (Å²) < 4.78 is 34.8. The Balaban J connectivity index is 1.92. The second-order valence-corrected chi connectivity index (χ2v) is 10.6. The van der Waals surface area contributed by atoms with Crippen molar-refractivity contribution >= 4 is 26.8 Å². The molecule has 1 aliphatic carbocycles. The van der Waals surface area contributed by atoms with E-state index in [1.165, 1.54) is 12.1 Å². The van der Waals surface area contributed by atoms with Gasteiger partial charge in [0.25, 0.3) is 0 Å². The zero-order valence-electron chi connectivity index (χ0n) is 16.7. The number of hydrogen-bond donors (Lipinski definition) is 3. The molecule has 28 heavy (non-hydrogen) atoms. The van der Waals surface area contributed by atoms with Crippen LogP contribution in [0.25, 0.3) is 0 Å². The molecule has 3 unspecified atom stereocenters. The minimum atomic E-state index is -3.66. The molecule has 0 spiro atoms. The Morgan fingerprint density at radius 1 is 1.25 bits per heavy atom. The number of guanidine groups is 1. The summed E-state index contributed by atoms with van der Waals surface area (Å²) >= 11 is 0. The molecule has 1 aromatic carbocycles. The van der Waals surface area contributed by atoms with E-state index in [0.717, 1.165) is 49.5 Å². The second-order valence-electron chi connectivity index (χ2n) is 7.00. The molecule has 2 rings (SSSR count). The molecular weight excluding hydrogens is 396 g/mol. The Bertz CT molecular complexity index is 779. The number of sulfonamides is 1. The largest absolute Gasteiger partial charge is 0.357 e. The smallest absolute Gasteiger partial charge is 0.238 e. The normalized spacial score (nSPS) is 21.9. The van der Waals surface area contributed by atoms with E-state index in [1.807, 2.05) is 13.8 Å². The van der Waals surface area contributed by atoms with Crippen molar-refractivity contribution in [2.24, 2.45) is 10.1 Å². The molecule has 0 aromatic heterocycles. The van der Waals surface area contributed by atoms with Gasteiger partial charge in [-0.05, 0) is 50.3 Å². The molecule has 0 radical (unpaired) electrons. The standard InChI is InChI=1S/C19H32N4O3S2/c1-3-21-19(23-16-6-5-7-17(14-16)27(24)4-2)22-13-12-15-8-10-18(11-9-15)28(20,25)26/h8-11,16-17H,3-7,12-14H2,1-2H3,(H2,20,25,26)(H2,21,22,23). The molecule has 3 atom stereocenters. The first kappa shape index (κ1) is 22.8. The Morgan fingerprint density at radius 2 is 1.96 bits per heavy atom. The third-order valence-corrected chi connectivity index (χ3v) is 7.56. The molecule has 1 saturated carbocycles. The number of hydrogen-bond acceptors (Lipinski definition) is 4. The molecule has 0 heterocycles. The third-order valence-electron chi connectivity index (χ3n) is 4.89. The maximum absolute atomic E-state index is 12.1. The Hall–Kier alpha value is -1.45. The number of aliphatic imine (C=N–C) groups is 1. The number of benzene rings is 1. The Labute approximate surface area is 171 Å². The van der Waals surface area contributed by atoms with E-state index in [9.17, 15) is 12.6 Å². The molecule has 1 aromatic rings. The van der Waals surface area contributed by atoms with E-state index >= 15 is 0 Å². The van der Waals surface area contributed by atoms with Crippen LogP contribution in [0.2, 0.25) is 0 Å². The molecule has 0 amide bonds. The van der Waals surface area contributed by atoms with Crippen molar-refractivity contribution in [2.75, 3.05) is 18.8 Å². The quantitative estimate of drug-likeness (QED) is 0.429. The van der Waals surface area contributed by atoms with Crippen LogP contribution in [-0.2, 0) is 27.2 Å². The highest BCUT2D eigenvalue weighted by Crippen LogP contribution is 2.23. The fraction of sp³-hybridized carbons (Fsp3) is 0.632. The highest BCUT2D eigenvalue weighted by Gasteiger charge is 2.26. The first-order valence-corrected chi connectivity index (χ1v) is 12.8. The predicted molar refractivity (Wildman–Crippen MR) is 115 cm³/mol. The molecular formula is C19H32N4O3S2.